The number of nitrogens with zero attached hydrogens (tertiary/aromatic N) is 2. The lowest BCUT2D eigenvalue weighted by molar-refractivity contribution is 0.262. The first-order chi connectivity index (χ1) is 12.3. The molecule has 8 nitrogen and oxygen atoms in total. The van der Waals surface area contributed by atoms with Gasteiger partial charge in [0.1, 0.15) is 11.6 Å². The number of carbonyl (C=O) groups is 1. The summed E-state index contributed by atoms with van der Waals surface area (Å²) in [4.78, 5) is 12.1. The van der Waals surface area contributed by atoms with E-state index in [1.54, 1.807) is 12.1 Å². The zero-order valence-corrected chi connectivity index (χ0v) is 15.0. The van der Waals surface area contributed by atoms with Crippen molar-refractivity contribution in [3.63, 3.8) is 0 Å². The summed E-state index contributed by atoms with van der Waals surface area (Å²) in [7, 11) is 0. The van der Waals surface area contributed by atoms with Gasteiger partial charge in [0, 0.05) is 35.3 Å². The number of urea groups is 1. The highest BCUT2D eigenvalue weighted by Gasteiger charge is 2.20. The van der Waals surface area contributed by atoms with Gasteiger partial charge < -0.3 is 15.6 Å². The van der Waals surface area contributed by atoms with Crippen molar-refractivity contribution in [2.45, 2.75) is 32.6 Å². The van der Waals surface area contributed by atoms with E-state index in [1.807, 2.05) is 45.0 Å². The molecule has 5 N–H and O–H groups in total. The molecule has 0 saturated carbocycles. The van der Waals surface area contributed by atoms with Gasteiger partial charge in [-0.2, -0.15) is 5.10 Å². The molecule has 0 saturated heterocycles. The Morgan fingerprint density at radius 1 is 1.19 bits per heavy atom. The lowest BCUT2D eigenvalue weighted by Gasteiger charge is -2.12. The van der Waals surface area contributed by atoms with E-state index in [9.17, 15) is 4.79 Å². The number of aromatic amines is 1. The van der Waals surface area contributed by atoms with Gasteiger partial charge in [-0.3, -0.25) is 10.4 Å². The Labute approximate surface area is 151 Å². The fraction of sp³-hybridized carbons (Fsp3) is 0.278. The Morgan fingerprint density at radius 2 is 1.92 bits per heavy atom. The monoisotopic (exact) mass is 354 g/mol. The zero-order valence-electron chi connectivity index (χ0n) is 15.0. The maximum absolute atomic E-state index is 12.1. The lowest BCUT2D eigenvalue weighted by atomic mass is 9.93. The van der Waals surface area contributed by atoms with Gasteiger partial charge in [-0.25, -0.2) is 4.79 Å². The first-order valence-corrected chi connectivity index (χ1v) is 8.23. The van der Waals surface area contributed by atoms with E-state index in [0.29, 0.717) is 29.5 Å². The third-order valence-corrected chi connectivity index (χ3v) is 3.75. The molecular weight excluding hydrogens is 332 g/mol. The Bertz CT molecular complexity index is 889. The van der Waals surface area contributed by atoms with Crippen LogP contribution in [0.2, 0.25) is 0 Å². The molecule has 8 heteroatoms. The molecule has 1 aromatic carbocycles. The summed E-state index contributed by atoms with van der Waals surface area (Å²) in [6.45, 7) is 6.03. The third-order valence-electron chi connectivity index (χ3n) is 3.75. The number of nitrogen functional groups attached to an aromatic ring is 1. The number of nitrogens with two attached hydrogens (primary N) is 1. The molecule has 0 bridgehead atoms. The van der Waals surface area contributed by atoms with Crippen LogP contribution in [0.3, 0.4) is 0 Å². The van der Waals surface area contributed by atoms with Crippen LogP contribution in [-0.4, -0.2) is 21.4 Å². The van der Waals surface area contributed by atoms with Crippen molar-refractivity contribution in [3.8, 4) is 0 Å². The van der Waals surface area contributed by atoms with Crippen molar-refractivity contribution in [1.29, 1.82) is 0 Å². The van der Waals surface area contributed by atoms with E-state index in [2.05, 4.69) is 26.0 Å². The highest BCUT2D eigenvalue weighted by molar-refractivity contribution is 5.99. The van der Waals surface area contributed by atoms with Gasteiger partial charge >= 0.3 is 6.03 Å². The van der Waals surface area contributed by atoms with Gasteiger partial charge in [0.05, 0.1) is 0 Å². The molecular formula is C18H22N6O2. The molecule has 0 radical (unpaired) electrons. The summed E-state index contributed by atoms with van der Waals surface area (Å²) in [5, 5.41) is 16.1. The van der Waals surface area contributed by atoms with Crippen LogP contribution in [0, 0.1) is 0 Å². The molecule has 3 aromatic rings. The second-order valence-corrected chi connectivity index (χ2v) is 7.10. The van der Waals surface area contributed by atoms with E-state index in [4.69, 9.17) is 10.3 Å². The SMILES string of the molecule is CC(C)(C)c1cc(NC(=O)Nc2ccc(Cc3cc(N)n[nH]3)cc2)no1. The summed E-state index contributed by atoms with van der Waals surface area (Å²) >= 11 is 0. The van der Waals surface area contributed by atoms with E-state index >= 15 is 0 Å². The van der Waals surface area contributed by atoms with Crippen molar-refractivity contribution < 1.29 is 9.32 Å². The first kappa shape index (κ1) is 17.5. The highest BCUT2D eigenvalue weighted by atomic mass is 16.5. The molecule has 0 unspecified atom stereocenters. The van der Waals surface area contributed by atoms with Crippen LogP contribution in [0.4, 0.5) is 22.1 Å². The molecule has 0 aliphatic carbocycles. The Balaban J connectivity index is 1.56. The topological polar surface area (TPSA) is 122 Å². The quantitative estimate of drug-likeness (QED) is 0.571. The van der Waals surface area contributed by atoms with E-state index in [0.717, 1.165) is 11.3 Å². The average molecular weight is 354 g/mol. The summed E-state index contributed by atoms with van der Waals surface area (Å²) < 4.78 is 5.24. The predicted molar refractivity (Wildman–Crippen MR) is 100 cm³/mol. The zero-order chi connectivity index (χ0) is 18.7. The van der Waals surface area contributed by atoms with Crippen LogP contribution in [0.25, 0.3) is 0 Å². The molecule has 0 atom stereocenters. The van der Waals surface area contributed by atoms with Gasteiger partial charge in [-0.05, 0) is 17.7 Å². The predicted octanol–water partition coefficient (Wildman–Crippen LogP) is 3.51. The van der Waals surface area contributed by atoms with Crippen molar-refractivity contribution in [3.05, 3.63) is 53.4 Å². The maximum atomic E-state index is 12.1. The number of hydrogen-bond donors (Lipinski definition) is 4. The van der Waals surface area contributed by atoms with Gasteiger partial charge in [-0.1, -0.05) is 38.1 Å². The summed E-state index contributed by atoms with van der Waals surface area (Å²) in [5.74, 6) is 1.55. The summed E-state index contributed by atoms with van der Waals surface area (Å²) in [6.07, 6.45) is 0.686. The number of anilines is 3. The number of hydrogen-bond acceptors (Lipinski definition) is 5. The van der Waals surface area contributed by atoms with Gasteiger partial charge in [0.15, 0.2) is 5.82 Å². The fourth-order valence-electron chi connectivity index (χ4n) is 2.36. The van der Waals surface area contributed by atoms with Crippen LogP contribution in [0.1, 0.15) is 37.8 Å². The molecule has 0 fully saturated rings. The van der Waals surface area contributed by atoms with E-state index in [-0.39, 0.29) is 11.4 Å². The average Bonchev–Trinajstić information content (AvgIpc) is 3.18. The third kappa shape index (κ3) is 4.41. The highest BCUT2D eigenvalue weighted by Crippen LogP contribution is 2.24. The minimum Gasteiger partial charge on any atom is -0.382 e. The molecule has 2 aromatic heterocycles. The summed E-state index contributed by atoms with van der Waals surface area (Å²) in [5.41, 5.74) is 8.11. The minimum atomic E-state index is -0.382. The molecule has 26 heavy (non-hydrogen) atoms. The number of benzene rings is 1. The molecule has 0 aliphatic rings. The van der Waals surface area contributed by atoms with Gasteiger partial charge in [0.2, 0.25) is 0 Å². The number of amides is 2. The van der Waals surface area contributed by atoms with Crippen LogP contribution in [0.5, 0.6) is 0 Å². The number of H-pyrrole nitrogens is 1. The lowest BCUT2D eigenvalue weighted by Crippen LogP contribution is -2.19. The second-order valence-electron chi connectivity index (χ2n) is 7.10. The standard InChI is InChI=1S/C18H22N6O2/c1-18(2,3)14-10-16(24-26-14)21-17(25)20-12-6-4-11(5-7-12)8-13-9-15(19)23-22-13/h4-7,9-10H,8H2,1-3H3,(H3,19,22,23)(H2,20,21,24,25). The van der Waals surface area contributed by atoms with Crippen LogP contribution in [-0.2, 0) is 11.8 Å². The molecule has 136 valence electrons. The van der Waals surface area contributed by atoms with Crippen LogP contribution >= 0.6 is 0 Å². The number of aromatic nitrogens is 3. The normalized spacial score (nSPS) is 11.3. The number of rotatable bonds is 4. The van der Waals surface area contributed by atoms with Crippen LogP contribution in [0.15, 0.2) is 40.9 Å². The second kappa shape index (κ2) is 6.91. The Morgan fingerprint density at radius 3 is 2.50 bits per heavy atom. The maximum Gasteiger partial charge on any atom is 0.324 e. The molecule has 2 amide bonds. The van der Waals surface area contributed by atoms with Crippen molar-refractivity contribution in [2.75, 3.05) is 16.4 Å². The van der Waals surface area contributed by atoms with E-state index in [1.165, 1.54) is 0 Å². The van der Waals surface area contributed by atoms with Gasteiger partial charge in [-0.15, -0.1) is 0 Å². The fourth-order valence-corrected chi connectivity index (χ4v) is 2.36. The smallest absolute Gasteiger partial charge is 0.324 e. The molecule has 0 aliphatic heterocycles. The Hall–Kier alpha value is -3.29. The number of carbonyl (C=O) groups excluding carboxylic acids is 1. The van der Waals surface area contributed by atoms with Crippen LogP contribution < -0.4 is 16.4 Å². The molecule has 2 heterocycles. The molecule has 0 spiro atoms. The van der Waals surface area contributed by atoms with Gasteiger partial charge in [0.25, 0.3) is 0 Å². The minimum absolute atomic E-state index is 0.168. The summed E-state index contributed by atoms with van der Waals surface area (Å²) in [6, 6.07) is 10.7. The largest absolute Gasteiger partial charge is 0.382 e. The first-order valence-electron chi connectivity index (χ1n) is 8.23. The van der Waals surface area contributed by atoms with Crippen molar-refractivity contribution in [2.24, 2.45) is 0 Å². The van der Waals surface area contributed by atoms with E-state index < -0.39 is 0 Å². The van der Waals surface area contributed by atoms with Crippen molar-refractivity contribution in [1.82, 2.24) is 15.4 Å². The van der Waals surface area contributed by atoms with Crippen molar-refractivity contribution >= 4 is 23.4 Å². The Kier molecular flexibility index (Phi) is 4.66. The number of nitrogens with one attached hydrogen (secondary N) is 3. The molecule has 3 rings (SSSR count).